The van der Waals surface area contributed by atoms with Crippen LogP contribution in [0.5, 0.6) is 0 Å². The summed E-state index contributed by atoms with van der Waals surface area (Å²) in [6.45, 7) is 2.25. The highest BCUT2D eigenvalue weighted by atomic mass is 16.7. The minimum atomic E-state index is -0.999. The number of hydrogen-bond acceptors (Lipinski definition) is 11. The molecule has 0 aliphatic carbocycles. The van der Waals surface area contributed by atoms with Crippen LogP contribution in [0.15, 0.2) is 212 Å². The topological polar surface area (TPSA) is 102 Å². The Kier molecular flexibility index (Phi) is 19.9. The molecule has 0 spiro atoms. The molecule has 2 heterocycles. The third kappa shape index (κ3) is 15.3. The molecule has 7 aromatic carbocycles. The summed E-state index contributed by atoms with van der Waals surface area (Å²) >= 11 is 0. The average molecular weight is 987 g/mol. The molecular formula is C62H66O11. The van der Waals surface area contributed by atoms with Crippen molar-refractivity contribution in [2.75, 3.05) is 20.3 Å². The van der Waals surface area contributed by atoms with Crippen LogP contribution < -0.4 is 0 Å². The summed E-state index contributed by atoms with van der Waals surface area (Å²) in [6.07, 6.45) is -7.47. The van der Waals surface area contributed by atoms with E-state index in [-0.39, 0.29) is 33.0 Å². The maximum atomic E-state index is 7.10. The van der Waals surface area contributed by atoms with Crippen LogP contribution in [0.4, 0.5) is 0 Å². The molecular weight excluding hydrogens is 921 g/mol. The summed E-state index contributed by atoms with van der Waals surface area (Å²) in [4.78, 5) is 0. The summed E-state index contributed by atoms with van der Waals surface area (Å²) in [7, 11) is 1.61. The van der Waals surface area contributed by atoms with E-state index in [1.165, 1.54) is 0 Å². The van der Waals surface area contributed by atoms with E-state index in [4.69, 9.17) is 52.1 Å². The fraction of sp³-hybridized carbons (Fsp3) is 0.323. The van der Waals surface area contributed by atoms with Gasteiger partial charge in [-0.05, 0) is 38.9 Å². The minimum absolute atomic E-state index is 0.00960. The molecule has 2 aliphatic rings. The van der Waals surface area contributed by atoms with Crippen LogP contribution in [-0.2, 0) is 98.4 Å². The summed E-state index contributed by atoms with van der Waals surface area (Å²) in [5, 5.41) is 0. The second-order valence-corrected chi connectivity index (χ2v) is 18.2. The smallest absolute Gasteiger partial charge is 0.187 e. The Balaban J connectivity index is 1.05. The van der Waals surface area contributed by atoms with Crippen molar-refractivity contribution in [2.45, 2.75) is 108 Å². The molecule has 2 saturated heterocycles. The fourth-order valence-corrected chi connectivity index (χ4v) is 9.14. The van der Waals surface area contributed by atoms with Crippen molar-refractivity contribution >= 4 is 0 Å². The zero-order valence-electron chi connectivity index (χ0n) is 41.3. The molecule has 9 rings (SSSR count). The lowest BCUT2D eigenvalue weighted by Crippen LogP contribution is -2.64. The molecule has 10 atom stereocenters. The summed E-state index contributed by atoms with van der Waals surface area (Å²) < 4.78 is 75.2. The highest BCUT2D eigenvalue weighted by Gasteiger charge is 2.52. The summed E-state index contributed by atoms with van der Waals surface area (Å²) in [5.41, 5.74) is 7.00. The molecule has 0 bridgehead atoms. The van der Waals surface area contributed by atoms with Crippen molar-refractivity contribution in [3.8, 4) is 0 Å². The molecule has 0 radical (unpaired) electrons. The maximum absolute atomic E-state index is 7.10. The van der Waals surface area contributed by atoms with Crippen molar-refractivity contribution in [3.05, 3.63) is 251 Å². The Morgan fingerprint density at radius 1 is 0.274 bits per heavy atom. The van der Waals surface area contributed by atoms with Crippen molar-refractivity contribution in [1.82, 2.24) is 0 Å². The Bertz CT molecular complexity index is 2560. The van der Waals surface area contributed by atoms with Gasteiger partial charge in [-0.1, -0.05) is 212 Å². The van der Waals surface area contributed by atoms with Gasteiger partial charge in [-0.3, -0.25) is 0 Å². The largest absolute Gasteiger partial charge is 0.374 e. The van der Waals surface area contributed by atoms with Gasteiger partial charge in [-0.25, -0.2) is 0 Å². The average Bonchev–Trinajstić information content (AvgIpc) is 3.45. The van der Waals surface area contributed by atoms with E-state index >= 15 is 0 Å². The van der Waals surface area contributed by atoms with Gasteiger partial charge in [-0.2, -0.15) is 0 Å². The van der Waals surface area contributed by atoms with Crippen LogP contribution >= 0.6 is 0 Å². The minimum Gasteiger partial charge on any atom is -0.374 e. The van der Waals surface area contributed by atoms with Crippen LogP contribution in [0.25, 0.3) is 0 Å². The lowest BCUT2D eigenvalue weighted by Gasteiger charge is -2.48. The van der Waals surface area contributed by atoms with E-state index in [1.54, 1.807) is 7.11 Å². The van der Waals surface area contributed by atoms with E-state index in [0.717, 1.165) is 38.9 Å². The summed E-state index contributed by atoms with van der Waals surface area (Å²) in [5.74, 6) is 0. The molecule has 2 aliphatic heterocycles. The third-order valence-electron chi connectivity index (χ3n) is 12.9. The SMILES string of the molecule is CO[C@H]1OC(COC2O[C@H](COCc3ccccc3)[C@@H](OCc3ccccc3)[C@H](OCc3ccccc3)[C@H]2OCc2ccccc2)[C@@H](OCc2ccccc2)[C@H](OCc2ccccc2)[C@H]1OCc1ccccc1. The van der Waals surface area contributed by atoms with Crippen molar-refractivity contribution in [3.63, 3.8) is 0 Å². The number of hydrogen-bond donors (Lipinski definition) is 0. The highest BCUT2D eigenvalue weighted by Crippen LogP contribution is 2.35. The Morgan fingerprint density at radius 2 is 0.534 bits per heavy atom. The predicted octanol–water partition coefficient (Wildman–Crippen LogP) is 10.8. The van der Waals surface area contributed by atoms with E-state index in [2.05, 4.69) is 0 Å². The second kappa shape index (κ2) is 28.0. The molecule has 0 N–H and O–H groups in total. The first kappa shape index (κ1) is 52.0. The fourth-order valence-electron chi connectivity index (χ4n) is 9.14. The number of methoxy groups -OCH3 is 1. The second-order valence-electron chi connectivity index (χ2n) is 18.2. The van der Waals surface area contributed by atoms with Crippen LogP contribution in [0.3, 0.4) is 0 Å². The predicted molar refractivity (Wildman–Crippen MR) is 276 cm³/mol. The molecule has 73 heavy (non-hydrogen) atoms. The maximum Gasteiger partial charge on any atom is 0.187 e. The number of ether oxygens (including phenoxy) is 11. The zero-order chi connectivity index (χ0) is 49.7. The van der Waals surface area contributed by atoms with Crippen LogP contribution in [-0.4, -0.2) is 81.7 Å². The quantitative estimate of drug-likeness (QED) is 0.0518. The van der Waals surface area contributed by atoms with E-state index in [1.807, 2.05) is 212 Å². The zero-order valence-corrected chi connectivity index (χ0v) is 41.3. The van der Waals surface area contributed by atoms with Crippen molar-refractivity contribution in [2.24, 2.45) is 0 Å². The molecule has 380 valence electrons. The van der Waals surface area contributed by atoms with Crippen LogP contribution in [0, 0.1) is 0 Å². The van der Waals surface area contributed by atoms with Gasteiger partial charge in [0.2, 0.25) is 0 Å². The molecule has 11 heteroatoms. The van der Waals surface area contributed by atoms with Gasteiger partial charge in [0.15, 0.2) is 12.6 Å². The van der Waals surface area contributed by atoms with E-state index < -0.39 is 61.4 Å². The monoisotopic (exact) mass is 986 g/mol. The van der Waals surface area contributed by atoms with Gasteiger partial charge in [0.1, 0.15) is 48.8 Å². The molecule has 7 aromatic rings. The van der Waals surface area contributed by atoms with Gasteiger partial charge in [0.25, 0.3) is 0 Å². The highest BCUT2D eigenvalue weighted by molar-refractivity contribution is 5.19. The van der Waals surface area contributed by atoms with Crippen LogP contribution in [0.1, 0.15) is 38.9 Å². The molecule has 0 aromatic heterocycles. The Hall–Kier alpha value is -5.90. The first-order valence-electron chi connectivity index (χ1n) is 25.2. The molecule has 0 saturated carbocycles. The van der Waals surface area contributed by atoms with Gasteiger partial charge >= 0.3 is 0 Å². The molecule has 0 amide bonds. The van der Waals surface area contributed by atoms with Gasteiger partial charge in [0, 0.05) is 7.11 Å². The normalized spacial score (nSPS) is 24.0. The van der Waals surface area contributed by atoms with E-state index in [9.17, 15) is 0 Å². The van der Waals surface area contributed by atoms with Gasteiger partial charge in [-0.15, -0.1) is 0 Å². The number of rotatable bonds is 26. The first-order valence-corrected chi connectivity index (χ1v) is 25.2. The van der Waals surface area contributed by atoms with Crippen molar-refractivity contribution < 1.29 is 52.1 Å². The standard InChI is InChI=1S/C62H66O11/c1-63-61-59(69-42-51-33-19-7-20-34-51)57(67-40-49-29-15-5-16-30-49)56(66-39-48-27-13-4-14-28-48)54(72-61)45-71-62-60(70-43-52-35-21-8-22-36-52)58(68-41-50-31-17-6-18-32-50)55(65-38-47-25-11-3-12-26-47)53(73-62)44-64-37-46-23-9-2-10-24-46/h2-36,53-62H,37-45H2,1H3/t53-,54?,55-,56-,57+,58+,59-,60-,61+,62?/m1/s1. The third-order valence-corrected chi connectivity index (χ3v) is 12.9. The van der Waals surface area contributed by atoms with Gasteiger partial charge in [0.05, 0.1) is 59.5 Å². The lowest BCUT2D eigenvalue weighted by molar-refractivity contribution is -0.351. The lowest BCUT2D eigenvalue weighted by atomic mass is 9.96. The molecule has 2 fully saturated rings. The summed E-state index contributed by atoms with van der Waals surface area (Å²) in [6, 6.07) is 70.4. The number of benzene rings is 7. The van der Waals surface area contributed by atoms with E-state index in [0.29, 0.717) is 26.4 Å². The first-order chi connectivity index (χ1) is 36.2. The van der Waals surface area contributed by atoms with Crippen LogP contribution in [0.2, 0.25) is 0 Å². The van der Waals surface area contributed by atoms with Gasteiger partial charge < -0.3 is 52.1 Å². The molecule has 2 unspecified atom stereocenters. The Labute approximate surface area is 429 Å². The Morgan fingerprint density at radius 3 is 0.863 bits per heavy atom. The van der Waals surface area contributed by atoms with Crippen molar-refractivity contribution in [1.29, 1.82) is 0 Å². The molecule has 11 nitrogen and oxygen atoms in total.